The lowest BCUT2D eigenvalue weighted by atomic mass is 10.5. The molecule has 0 spiro atoms. The fraction of sp³-hybridized carbons (Fsp3) is 0.600. The Morgan fingerprint density at radius 1 is 1.33 bits per heavy atom. The number of aryl methyl sites for hydroxylation is 1. The summed E-state index contributed by atoms with van der Waals surface area (Å²) in [5.74, 6) is 0.955. The molecule has 0 bridgehead atoms. The van der Waals surface area contributed by atoms with Crippen LogP contribution in [-0.2, 0) is 13.6 Å². The molecule has 0 aliphatic rings. The number of hydrogen-bond donors (Lipinski definition) is 0. The molecule has 0 amide bonds. The van der Waals surface area contributed by atoms with Gasteiger partial charge in [-0.05, 0) is 0 Å². The molecule has 5 heteroatoms. The van der Waals surface area contributed by atoms with Crippen LogP contribution in [0.5, 0.6) is 0 Å². The van der Waals surface area contributed by atoms with Crippen LogP contribution in [0.3, 0.4) is 0 Å². The van der Waals surface area contributed by atoms with Crippen molar-refractivity contribution in [2.45, 2.75) is 6.54 Å². The van der Waals surface area contributed by atoms with Crippen LogP contribution >= 0.6 is 0 Å². The van der Waals surface area contributed by atoms with Crippen LogP contribution in [0.4, 0.5) is 0 Å². The predicted octanol–water partition coefficient (Wildman–Crippen LogP) is 0.399. The number of rotatable bonds is 2. The van der Waals surface area contributed by atoms with Gasteiger partial charge in [-0.25, -0.2) is 9.98 Å². The molecule has 1 rings (SSSR count). The van der Waals surface area contributed by atoms with E-state index in [0.717, 1.165) is 11.7 Å². The maximum Gasteiger partial charge on any atom is 0.195 e. The second-order valence-electron chi connectivity index (χ2n) is 3.90. The van der Waals surface area contributed by atoms with E-state index in [2.05, 4.69) is 9.98 Å². The molecule has 0 N–H and O–H groups in total. The minimum absolute atomic E-state index is 0.655. The molecule has 1 aromatic rings. The van der Waals surface area contributed by atoms with Crippen molar-refractivity contribution in [1.29, 1.82) is 0 Å². The van der Waals surface area contributed by atoms with Gasteiger partial charge >= 0.3 is 0 Å². The van der Waals surface area contributed by atoms with Crippen molar-refractivity contribution in [2.75, 3.05) is 28.2 Å². The van der Waals surface area contributed by atoms with Crippen LogP contribution in [0.25, 0.3) is 0 Å². The fourth-order valence-electron chi connectivity index (χ4n) is 1.37. The third kappa shape index (κ3) is 2.97. The van der Waals surface area contributed by atoms with E-state index in [0.29, 0.717) is 6.54 Å². The van der Waals surface area contributed by atoms with Crippen molar-refractivity contribution >= 4 is 5.96 Å². The Balaban J connectivity index is 2.74. The van der Waals surface area contributed by atoms with Crippen molar-refractivity contribution in [3.63, 3.8) is 0 Å². The molecule has 0 radical (unpaired) electrons. The monoisotopic (exact) mass is 209 g/mol. The quantitative estimate of drug-likeness (QED) is 0.522. The first-order valence-corrected chi connectivity index (χ1v) is 4.86. The van der Waals surface area contributed by atoms with E-state index >= 15 is 0 Å². The molecule has 0 fully saturated rings. The summed E-state index contributed by atoms with van der Waals surface area (Å²) < 4.78 is 1.98. The second-order valence-corrected chi connectivity index (χ2v) is 3.90. The Bertz CT molecular complexity index is 327. The summed E-state index contributed by atoms with van der Waals surface area (Å²) in [5.41, 5.74) is 1.11. The van der Waals surface area contributed by atoms with Gasteiger partial charge in [0.2, 0.25) is 0 Å². The maximum atomic E-state index is 4.53. The number of nitrogens with zero attached hydrogens (tertiary/aromatic N) is 5. The zero-order chi connectivity index (χ0) is 11.4. The summed E-state index contributed by atoms with van der Waals surface area (Å²) >= 11 is 0. The average Bonchev–Trinajstić information content (AvgIpc) is 2.51. The Morgan fingerprint density at radius 3 is 2.33 bits per heavy atom. The molecule has 15 heavy (non-hydrogen) atoms. The van der Waals surface area contributed by atoms with Crippen molar-refractivity contribution < 1.29 is 0 Å². The third-order valence-corrected chi connectivity index (χ3v) is 2.10. The minimum Gasteiger partial charge on any atom is -0.349 e. The molecular formula is C10H19N5. The summed E-state index contributed by atoms with van der Waals surface area (Å²) in [6.45, 7) is 0.655. The molecule has 0 atom stereocenters. The van der Waals surface area contributed by atoms with Crippen LogP contribution in [0.15, 0.2) is 17.5 Å². The zero-order valence-electron chi connectivity index (χ0n) is 10.1. The molecule has 1 heterocycles. The van der Waals surface area contributed by atoms with E-state index in [-0.39, 0.29) is 0 Å². The average molecular weight is 209 g/mol. The lowest BCUT2D eigenvalue weighted by molar-refractivity contribution is 0.478. The molecule has 1 aromatic heterocycles. The number of aliphatic imine (C=N–C) groups is 1. The Morgan fingerprint density at radius 2 is 1.93 bits per heavy atom. The molecule has 84 valence electrons. The van der Waals surface area contributed by atoms with Crippen LogP contribution in [0.2, 0.25) is 0 Å². The largest absolute Gasteiger partial charge is 0.349 e. The van der Waals surface area contributed by atoms with E-state index in [9.17, 15) is 0 Å². The second kappa shape index (κ2) is 4.82. The summed E-state index contributed by atoms with van der Waals surface area (Å²) in [6, 6.07) is 0. The fourth-order valence-corrected chi connectivity index (χ4v) is 1.37. The number of imidazole rings is 1. The van der Waals surface area contributed by atoms with Gasteiger partial charge in [-0.3, -0.25) is 0 Å². The lowest BCUT2D eigenvalue weighted by Gasteiger charge is -2.22. The Labute approximate surface area is 91.0 Å². The highest BCUT2D eigenvalue weighted by atomic mass is 15.3. The lowest BCUT2D eigenvalue weighted by Crippen LogP contribution is -2.35. The van der Waals surface area contributed by atoms with Crippen molar-refractivity contribution in [1.82, 2.24) is 19.4 Å². The van der Waals surface area contributed by atoms with Gasteiger partial charge in [0.1, 0.15) is 0 Å². The van der Waals surface area contributed by atoms with Gasteiger partial charge in [0.15, 0.2) is 5.96 Å². The van der Waals surface area contributed by atoms with Gasteiger partial charge in [-0.1, -0.05) is 0 Å². The Hall–Kier alpha value is -1.52. The summed E-state index contributed by atoms with van der Waals surface area (Å²) in [7, 11) is 9.93. The molecule has 5 nitrogen and oxygen atoms in total. The number of aromatic nitrogens is 2. The zero-order valence-corrected chi connectivity index (χ0v) is 10.1. The molecule has 0 unspecified atom stereocenters. The smallest absolute Gasteiger partial charge is 0.195 e. The van der Waals surface area contributed by atoms with E-state index in [1.807, 2.05) is 55.8 Å². The standard InChI is InChI=1S/C10H19N5/c1-13(2)10(14(3)4)12-7-9-6-11-8-15(9)5/h6,8H,7H2,1-5H3. The summed E-state index contributed by atoms with van der Waals surface area (Å²) in [5, 5.41) is 0. The molecule has 0 saturated heterocycles. The molecule has 0 aromatic carbocycles. The Kier molecular flexibility index (Phi) is 3.71. The third-order valence-electron chi connectivity index (χ3n) is 2.10. The van der Waals surface area contributed by atoms with Gasteiger partial charge in [-0.2, -0.15) is 0 Å². The maximum absolute atomic E-state index is 4.53. The van der Waals surface area contributed by atoms with Gasteiger partial charge in [0.05, 0.1) is 24.8 Å². The topological polar surface area (TPSA) is 36.7 Å². The molecule has 0 aliphatic heterocycles. The first-order chi connectivity index (χ1) is 7.02. The van der Waals surface area contributed by atoms with Crippen LogP contribution in [0.1, 0.15) is 5.69 Å². The van der Waals surface area contributed by atoms with Gasteiger partial charge in [0.25, 0.3) is 0 Å². The predicted molar refractivity (Wildman–Crippen MR) is 61.7 cm³/mol. The van der Waals surface area contributed by atoms with E-state index in [4.69, 9.17) is 0 Å². The summed E-state index contributed by atoms with van der Waals surface area (Å²) in [6.07, 6.45) is 3.63. The molecular weight excluding hydrogens is 190 g/mol. The number of hydrogen-bond acceptors (Lipinski definition) is 2. The van der Waals surface area contributed by atoms with Crippen LogP contribution in [0, 0.1) is 0 Å². The van der Waals surface area contributed by atoms with E-state index in [1.54, 1.807) is 6.33 Å². The van der Waals surface area contributed by atoms with E-state index < -0.39 is 0 Å². The first kappa shape index (κ1) is 11.6. The minimum atomic E-state index is 0.655. The normalized spacial score (nSPS) is 9.93. The van der Waals surface area contributed by atoms with Crippen molar-refractivity contribution in [2.24, 2.45) is 12.0 Å². The molecule has 0 saturated carbocycles. The van der Waals surface area contributed by atoms with E-state index in [1.165, 1.54) is 0 Å². The van der Waals surface area contributed by atoms with Crippen LogP contribution in [-0.4, -0.2) is 53.5 Å². The highest BCUT2D eigenvalue weighted by Crippen LogP contribution is 2.00. The highest BCUT2D eigenvalue weighted by Gasteiger charge is 2.04. The van der Waals surface area contributed by atoms with Crippen LogP contribution < -0.4 is 0 Å². The van der Waals surface area contributed by atoms with Gasteiger partial charge in [0, 0.05) is 35.2 Å². The number of guanidine groups is 1. The first-order valence-electron chi connectivity index (χ1n) is 4.86. The van der Waals surface area contributed by atoms with Gasteiger partial charge in [-0.15, -0.1) is 0 Å². The van der Waals surface area contributed by atoms with Crippen molar-refractivity contribution in [3.8, 4) is 0 Å². The van der Waals surface area contributed by atoms with Gasteiger partial charge < -0.3 is 14.4 Å². The van der Waals surface area contributed by atoms with Crippen molar-refractivity contribution in [3.05, 3.63) is 18.2 Å². The molecule has 0 aliphatic carbocycles. The summed E-state index contributed by atoms with van der Waals surface area (Å²) in [4.78, 5) is 12.6. The highest BCUT2D eigenvalue weighted by molar-refractivity contribution is 5.79. The SMILES string of the molecule is CN(C)C(=NCc1cncn1C)N(C)C.